The number of rotatable bonds is 4. The van der Waals surface area contributed by atoms with Crippen molar-refractivity contribution in [3.63, 3.8) is 0 Å². The van der Waals surface area contributed by atoms with Gasteiger partial charge in [0.2, 0.25) is 5.69 Å². The minimum Gasteiger partial charge on any atom is -1.00 e. The summed E-state index contributed by atoms with van der Waals surface area (Å²) >= 11 is 0. The molecule has 0 aliphatic heterocycles. The maximum absolute atomic E-state index is 11.3. The molecule has 2 heterocycles. The highest BCUT2D eigenvalue weighted by molar-refractivity contribution is 5.88. The summed E-state index contributed by atoms with van der Waals surface area (Å²) in [5.41, 5.74) is 1.46. The lowest BCUT2D eigenvalue weighted by atomic mass is 10.3. The summed E-state index contributed by atoms with van der Waals surface area (Å²) in [6, 6.07) is 9.23. The van der Waals surface area contributed by atoms with Crippen LogP contribution in [0, 0.1) is 0 Å². The molecule has 0 fully saturated rings. The highest BCUT2D eigenvalue weighted by Gasteiger charge is 2.09. The second kappa shape index (κ2) is 15.0. The fraction of sp³-hybridized carbons (Fsp3) is 0.294. The van der Waals surface area contributed by atoms with Gasteiger partial charge in [0.15, 0.2) is 18.6 Å². The topological polar surface area (TPSA) is 66.7 Å². The Balaban J connectivity index is 0. The van der Waals surface area contributed by atoms with E-state index >= 15 is 0 Å². The first kappa shape index (κ1) is 25.9. The van der Waals surface area contributed by atoms with Crippen molar-refractivity contribution in [3.8, 4) is 0 Å². The quantitative estimate of drug-likeness (QED) is 0.101. The fourth-order valence-electron chi connectivity index (χ4n) is 1.72. The number of pyridine rings is 2. The van der Waals surface area contributed by atoms with Gasteiger partial charge < -0.3 is 57.9 Å². The molecular weight excluding hydrogens is 548 g/mol. The van der Waals surface area contributed by atoms with Gasteiger partial charge in [-0.3, -0.25) is 0 Å². The van der Waals surface area contributed by atoms with E-state index in [-0.39, 0.29) is 53.9 Å². The Labute approximate surface area is 182 Å². The number of carbonyl (C=O) groups is 1. The molecule has 0 spiro atoms. The molecule has 0 atom stereocenters. The Kier molecular flexibility index (Phi) is 15.6. The van der Waals surface area contributed by atoms with E-state index in [0.717, 1.165) is 12.1 Å². The third kappa shape index (κ3) is 10.3. The molecule has 0 amide bonds. The van der Waals surface area contributed by atoms with E-state index in [2.05, 4.69) is 5.16 Å². The largest absolute Gasteiger partial charge is 1.00 e. The molecule has 6 nitrogen and oxygen atoms in total. The molecule has 25 heavy (non-hydrogen) atoms. The summed E-state index contributed by atoms with van der Waals surface area (Å²) in [5.74, 6) is -0.252. The van der Waals surface area contributed by atoms with Crippen LogP contribution in [0.3, 0.4) is 0 Å². The molecule has 0 saturated carbocycles. The lowest BCUT2D eigenvalue weighted by Gasteiger charge is -2.00. The van der Waals surface area contributed by atoms with Crippen LogP contribution in [0.15, 0.2) is 54.1 Å². The molecular formula is C17H23I2N3O3. The van der Waals surface area contributed by atoms with Gasteiger partial charge in [0.25, 0.3) is 0 Å². The van der Waals surface area contributed by atoms with Crippen molar-refractivity contribution in [1.82, 2.24) is 0 Å². The van der Waals surface area contributed by atoms with E-state index in [0.29, 0.717) is 12.2 Å². The van der Waals surface area contributed by atoms with Crippen LogP contribution in [0.25, 0.3) is 0 Å². The molecule has 0 aliphatic rings. The molecule has 0 bridgehead atoms. The molecule has 138 valence electrons. The first-order valence-corrected chi connectivity index (χ1v) is 7.33. The second-order valence-electron chi connectivity index (χ2n) is 4.87. The Morgan fingerprint density at radius 1 is 1.20 bits per heavy atom. The number of oxime groups is 1. The van der Waals surface area contributed by atoms with Gasteiger partial charge in [-0.25, -0.2) is 13.9 Å². The fourth-order valence-corrected chi connectivity index (χ4v) is 1.72. The van der Waals surface area contributed by atoms with Gasteiger partial charge in [0, 0.05) is 18.2 Å². The lowest BCUT2D eigenvalue weighted by molar-refractivity contribution is -0.672. The van der Waals surface area contributed by atoms with Crippen molar-refractivity contribution in [2.75, 3.05) is 6.61 Å². The van der Waals surface area contributed by atoms with Gasteiger partial charge >= 0.3 is 5.97 Å². The van der Waals surface area contributed by atoms with Crippen molar-refractivity contribution in [3.05, 3.63) is 60.2 Å². The van der Waals surface area contributed by atoms with Crippen molar-refractivity contribution in [2.45, 2.75) is 13.3 Å². The molecule has 2 aromatic rings. The molecule has 0 aliphatic carbocycles. The van der Waals surface area contributed by atoms with Crippen LogP contribution in [0.4, 0.5) is 0 Å². The first-order chi connectivity index (χ1) is 11.1. The van der Waals surface area contributed by atoms with Gasteiger partial charge in [-0.15, -0.1) is 0 Å². The zero-order valence-corrected chi connectivity index (χ0v) is 18.8. The Bertz CT molecular complexity index is 667. The summed E-state index contributed by atoms with van der Waals surface area (Å²) in [6.07, 6.45) is 7.75. The van der Waals surface area contributed by atoms with Gasteiger partial charge in [0.05, 0.1) is 6.61 Å². The van der Waals surface area contributed by atoms with Crippen LogP contribution in [-0.4, -0.2) is 24.0 Å². The zero-order valence-electron chi connectivity index (χ0n) is 14.5. The third-order valence-electron chi connectivity index (χ3n) is 2.90. The number of halogens is 2. The third-order valence-corrected chi connectivity index (χ3v) is 2.90. The number of aromatic nitrogens is 2. The van der Waals surface area contributed by atoms with Crippen molar-refractivity contribution in [2.24, 2.45) is 19.3 Å². The maximum atomic E-state index is 11.3. The van der Waals surface area contributed by atoms with Gasteiger partial charge in [0.1, 0.15) is 25.9 Å². The molecule has 2 rings (SSSR count). The minimum atomic E-state index is -0.252. The smallest absolute Gasteiger partial charge is 0.344 e. The molecule has 8 heteroatoms. The minimum absolute atomic E-state index is 0. The highest BCUT2D eigenvalue weighted by atomic mass is 127. The Morgan fingerprint density at radius 3 is 2.48 bits per heavy atom. The van der Waals surface area contributed by atoms with Crippen LogP contribution in [0.1, 0.15) is 29.4 Å². The maximum Gasteiger partial charge on any atom is 0.344 e. The highest BCUT2D eigenvalue weighted by Crippen LogP contribution is 1.97. The Hall–Kier alpha value is -1.30. The predicted molar refractivity (Wildman–Crippen MR) is 85.2 cm³/mol. The summed E-state index contributed by atoms with van der Waals surface area (Å²) in [7, 11) is 3.76. The van der Waals surface area contributed by atoms with Crippen LogP contribution < -0.4 is 57.1 Å². The van der Waals surface area contributed by atoms with Crippen LogP contribution in [0.2, 0.25) is 0 Å². The van der Waals surface area contributed by atoms with E-state index in [1.807, 2.05) is 66.8 Å². The second-order valence-corrected chi connectivity index (χ2v) is 4.87. The van der Waals surface area contributed by atoms with E-state index in [9.17, 15) is 4.79 Å². The zero-order chi connectivity index (χ0) is 17.1. The number of carbonyl (C=O) groups excluding carboxylic acids is 1. The summed E-state index contributed by atoms with van der Waals surface area (Å²) in [6.45, 7) is 2.45. The first-order valence-electron chi connectivity index (χ1n) is 7.33. The SMILES string of the molecule is CCCOC(=O)c1ccc[n+](C)c1.C[n+]1ccccc1C=NO.[I-].[I-]. The predicted octanol–water partition coefficient (Wildman–Crippen LogP) is -4.59. The number of esters is 1. The van der Waals surface area contributed by atoms with E-state index in [4.69, 9.17) is 9.94 Å². The normalized spacial score (nSPS) is 9.24. The summed E-state index contributed by atoms with van der Waals surface area (Å²) in [5, 5.41) is 11.1. The van der Waals surface area contributed by atoms with Gasteiger partial charge in [-0.2, -0.15) is 0 Å². The number of aryl methyl sites for hydroxylation is 2. The molecule has 0 aromatic carbocycles. The molecule has 2 aromatic heterocycles. The van der Waals surface area contributed by atoms with Crippen LogP contribution >= 0.6 is 0 Å². The van der Waals surface area contributed by atoms with E-state index in [1.54, 1.807) is 12.3 Å². The standard InChI is InChI=1S/C10H14NO2.C7H8N2O.2HI/c1-3-7-13-10(12)9-5-4-6-11(2)8-9;1-9-5-3-2-4-7(9)6-8-10;;/h4-6,8H,3,7H2,1-2H3;2-6H,1H3;2*1H/q+1;;;/p-1. The van der Waals surface area contributed by atoms with Crippen molar-refractivity contribution < 1.29 is 71.8 Å². The van der Waals surface area contributed by atoms with Crippen molar-refractivity contribution >= 4 is 12.2 Å². The van der Waals surface area contributed by atoms with Crippen LogP contribution in [-0.2, 0) is 18.8 Å². The van der Waals surface area contributed by atoms with E-state index < -0.39 is 0 Å². The van der Waals surface area contributed by atoms with Gasteiger partial charge in [-0.05, 0) is 18.6 Å². The molecule has 0 radical (unpaired) electrons. The lowest BCUT2D eigenvalue weighted by Crippen LogP contribution is -3.00. The summed E-state index contributed by atoms with van der Waals surface area (Å²) < 4.78 is 8.66. The van der Waals surface area contributed by atoms with Crippen LogP contribution in [0.5, 0.6) is 0 Å². The molecule has 1 N–H and O–H groups in total. The summed E-state index contributed by atoms with van der Waals surface area (Å²) in [4.78, 5) is 11.3. The monoisotopic (exact) mass is 571 g/mol. The average molecular weight is 571 g/mol. The Morgan fingerprint density at radius 2 is 1.92 bits per heavy atom. The number of hydrogen-bond donors (Lipinski definition) is 1. The number of hydrogen-bond acceptors (Lipinski definition) is 4. The molecule has 0 saturated heterocycles. The van der Waals surface area contributed by atoms with Crippen molar-refractivity contribution in [1.29, 1.82) is 0 Å². The molecule has 0 unspecified atom stereocenters. The number of ether oxygens (including phenoxy) is 1. The average Bonchev–Trinajstić information content (AvgIpc) is 2.55. The van der Waals surface area contributed by atoms with Gasteiger partial charge in [-0.1, -0.05) is 12.1 Å². The van der Waals surface area contributed by atoms with E-state index in [1.165, 1.54) is 6.21 Å². The number of nitrogens with zero attached hydrogens (tertiary/aromatic N) is 3.